The van der Waals surface area contributed by atoms with Crippen LogP contribution in [0.2, 0.25) is 0 Å². The van der Waals surface area contributed by atoms with Gasteiger partial charge in [-0.1, -0.05) is 30.3 Å². The van der Waals surface area contributed by atoms with Gasteiger partial charge < -0.3 is 10.4 Å². The second-order valence-electron chi connectivity index (χ2n) is 3.59. The van der Waals surface area contributed by atoms with Crippen LogP contribution in [0.1, 0.15) is 0 Å². The number of anilines is 2. The Bertz CT molecular complexity index is 531. The van der Waals surface area contributed by atoms with Crippen molar-refractivity contribution >= 4 is 28.7 Å². The molecule has 0 amide bonds. The van der Waals surface area contributed by atoms with Gasteiger partial charge in [-0.25, -0.2) is 0 Å². The third-order valence-corrected chi connectivity index (χ3v) is 2.45. The molecule has 0 radical (unpaired) electrons. The smallest absolute Gasteiger partial charge is 0.189 e. The highest BCUT2D eigenvalue weighted by Gasteiger charge is 1.99. The molecule has 0 saturated carbocycles. The summed E-state index contributed by atoms with van der Waals surface area (Å²) in [6.07, 6.45) is 0. The lowest BCUT2D eigenvalue weighted by Gasteiger charge is -2.13. The van der Waals surface area contributed by atoms with Crippen LogP contribution in [0.15, 0.2) is 54.6 Å². The van der Waals surface area contributed by atoms with Crippen LogP contribution in [0.4, 0.5) is 11.4 Å². The molecule has 0 saturated heterocycles. The van der Waals surface area contributed by atoms with E-state index in [0.29, 0.717) is 10.8 Å². The fourth-order valence-electron chi connectivity index (χ4n) is 1.39. The molecule has 0 atom stereocenters. The molecule has 2 aromatic rings. The van der Waals surface area contributed by atoms with Crippen molar-refractivity contribution in [2.75, 3.05) is 10.7 Å². The maximum absolute atomic E-state index is 9.55. The van der Waals surface area contributed by atoms with Crippen LogP contribution in [-0.2, 0) is 0 Å². The number of benzene rings is 2. The Morgan fingerprint density at radius 3 is 2.33 bits per heavy atom. The molecule has 2 rings (SSSR count). The van der Waals surface area contributed by atoms with Crippen LogP contribution in [0.25, 0.3) is 0 Å². The van der Waals surface area contributed by atoms with Gasteiger partial charge in [0.1, 0.15) is 5.75 Å². The van der Waals surface area contributed by atoms with E-state index in [-0.39, 0.29) is 5.75 Å². The summed E-state index contributed by atoms with van der Waals surface area (Å²) in [5.74, 6) is 0.160. The minimum absolute atomic E-state index is 0.160. The quantitative estimate of drug-likeness (QED) is 0.388. The van der Waals surface area contributed by atoms with Crippen molar-refractivity contribution in [1.29, 1.82) is 0 Å². The molecule has 4 nitrogen and oxygen atoms in total. The molecule has 2 aromatic carbocycles. The minimum atomic E-state index is 0.160. The van der Waals surface area contributed by atoms with Crippen LogP contribution in [0.3, 0.4) is 0 Å². The molecular weight excluding hydrogens is 246 g/mol. The van der Waals surface area contributed by atoms with Crippen molar-refractivity contribution in [2.45, 2.75) is 0 Å². The van der Waals surface area contributed by atoms with Gasteiger partial charge in [0.25, 0.3) is 0 Å². The van der Waals surface area contributed by atoms with Crippen LogP contribution in [-0.4, -0.2) is 10.2 Å². The predicted molar refractivity (Wildman–Crippen MR) is 77.5 cm³/mol. The number of phenols is 1. The van der Waals surface area contributed by atoms with Crippen molar-refractivity contribution in [3.63, 3.8) is 0 Å². The molecule has 18 heavy (non-hydrogen) atoms. The monoisotopic (exact) mass is 259 g/mol. The van der Waals surface area contributed by atoms with E-state index >= 15 is 0 Å². The summed E-state index contributed by atoms with van der Waals surface area (Å²) in [4.78, 5) is 0. The van der Waals surface area contributed by atoms with Crippen LogP contribution in [0.5, 0.6) is 5.75 Å². The topological polar surface area (TPSA) is 56.3 Å². The van der Waals surface area contributed by atoms with Gasteiger partial charge in [0.15, 0.2) is 5.11 Å². The molecule has 0 spiro atoms. The number of hydrogen-bond acceptors (Lipinski definition) is 3. The highest BCUT2D eigenvalue weighted by molar-refractivity contribution is 7.80. The molecule has 4 N–H and O–H groups in total. The Labute approximate surface area is 111 Å². The van der Waals surface area contributed by atoms with Crippen LogP contribution >= 0.6 is 12.2 Å². The zero-order valence-electron chi connectivity index (χ0n) is 9.55. The highest BCUT2D eigenvalue weighted by atomic mass is 32.1. The lowest BCUT2D eigenvalue weighted by atomic mass is 10.3. The van der Waals surface area contributed by atoms with Gasteiger partial charge in [0.2, 0.25) is 0 Å². The lowest BCUT2D eigenvalue weighted by molar-refractivity contribution is 0.477. The fourth-order valence-corrected chi connectivity index (χ4v) is 1.56. The van der Waals surface area contributed by atoms with E-state index in [1.807, 2.05) is 36.4 Å². The molecule has 0 aromatic heterocycles. The summed E-state index contributed by atoms with van der Waals surface area (Å²) >= 11 is 5.11. The normalized spacial score (nSPS) is 9.56. The van der Waals surface area contributed by atoms with Gasteiger partial charge >= 0.3 is 0 Å². The van der Waals surface area contributed by atoms with Gasteiger partial charge in [-0.15, -0.1) is 0 Å². The Morgan fingerprint density at radius 2 is 1.61 bits per heavy atom. The van der Waals surface area contributed by atoms with Crippen molar-refractivity contribution in [3.8, 4) is 5.75 Å². The summed E-state index contributed by atoms with van der Waals surface area (Å²) in [5.41, 5.74) is 7.09. The Hall–Kier alpha value is -2.27. The molecule has 0 aliphatic carbocycles. The number of para-hydroxylation sites is 3. The molecule has 0 fully saturated rings. The third kappa shape index (κ3) is 3.36. The average molecular weight is 259 g/mol. The van der Waals surface area contributed by atoms with E-state index in [9.17, 15) is 5.11 Å². The van der Waals surface area contributed by atoms with E-state index in [0.717, 1.165) is 5.69 Å². The van der Waals surface area contributed by atoms with E-state index in [1.54, 1.807) is 18.2 Å². The second kappa shape index (κ2) is 5.88. The minimum Gasteiger partial charge on any atom is -0.506 e. The maximum Gasteiger partial charge on any atom is 0.189 e. The summed E-state index contributed by atoms with van der Waals surface area (Å²) in [6, 6.07) is 16.5. The first-order chi connectivity index (χ1) is 8.75. The molecule has 5 heteroatoms. The average Bonchev–Trinajstić information content (AvgIpc) is 2.39. The summed E-state index contributed by atoms with van der Waals surface area (Å²) in [6.45, 7) is 0. The van der Waals surface area contributed by atoms with E-state index in [4.69, 9.17) is 12.2 Å². The van der Waals surface area contributed by atoms with Crippen molar-refractivity contribution in [3.05, 3.63) is 54.6 Å². The summed E-state index contributed by atoms with van der Waals surface area (Å²) in [5, 5.41) is 13.0. The molecule has 0 bridgehead atoms. The largest absolute Gasteiger partial charge is 0.506 e. The number of hydrazine groups is 1. The first-order valence-electron chi connectivity index (χ1n) is 5.42. The van der Waals surface area contributed by atoms with E-state index in [2.05, 4.69) is 16.2 Å². The Kier molecular flexibility index (Phi) is 3.98. The predicted octanol–water partition coefficient (Wildman–Crippen LogP) is 2.71. The first-order valence-corrected chi connectivity index (χ1v) is 5.82. The van der Waals surface area contributed by atoms with E-state index < -0.39 is 0 Å². The van der Waals surface area contributed by atoms with Crippen LogP contribution < -0.4 is 16.2 Å². The number of phenolic OH excluding ortho intramolecular Hbond substituents is 1. The standard InChI is InChI=1S/C13H13N3OS/c17-12-9-5-4-8-11(12)15-16-13(18)14-10-6-2-1-3-7-10/h1-9,15,17H,(H2,14,16,18). The number of thiocarbonyl (C=S) groups is 1. The summed E-state index contributed by atoms with van der Waals surface area (Å²) < 4.78 is 0. The SMILES string of the molecule is Oc1ccccc1NNC(=S)Nc1ccccc1. The van der Waals surface area contributed by atoms with Gasteiger partial charge in [-0.3, -0.25) is 10.9 Å². The third-order valence-electron chi connectivity index (χ3n) is 2.25. The highest BCUT2D eigenvalue weighted by Crippen LogP contribution is 2.20. The molecule has 0 unspecified atom stereocenters. The van der Waals surface area contributed by atoms with Crippen molar-refractivity contribution in [2.24, 2.45) is 0 Å². The van der Waals surface area contributed by atoms with Gasteiger partial charge in [-0.2, -0.15) is 0 Å². The Morgan fingerprint density at radius 1 is 0.944 bits per heavy atom. The first kappa shape index (κ1) is 12.2. The lowest BCUT2D eigenvalue weighted by Crippen LogP contribution is -2.33. The van der Waals surface area contributed by atoms with E-state index in [1.165, 1.54) is 0 Å². The van der Waals surface area contributed by atoms with Gasteiger partial charge in [-0.05, 0) is 36.5 Å². The molecule has 92 valence electrons. The molecule has 0 aliphatic rings. The maximum atomic E-state index is 9.55. The molecular formula is C13H13N3OS. The second-order valence-corrected chi connectivity index (χ2v) is 4.00. The van der Waals surface area contributed by atoms with Gasteiger partial charge in [0, 0.05) is 5.69 Å². The van der Waals surface area contributed by atoms with Gasteiger partial charge in [0.05, 0.1) is 5.69 Å². The number of nitrogens with one attached hydrogen (secondary N) is 3. The van der Waals surface area contributed by atoms with Crippen molar-refractivity contribution < 1.29 is 5.11 Å². The number of aromatic hydroxyl groups is 1. The zero-order valence-corrected chi connectivity index (χ0v) is 10.4. The summed E-state index contributed by atoms with van der Waals surface area (Å²) in [7, 11) is 0. The van der Waals surface area contributed by atoms with Crippen molar-refractivity contribution in [1.82, 2.24) is 5.43 Å². The fraction of sp³-hybridized carbons (Fsp3) is 0. The number of rotatable bonds is 3. The Balaban J connectivity index is 1.88. The molecule has 0 heterocycles. The zero-order chi connectivity index (χ0) is 12.8. The molecule has 0 aliphatic heterocycles. The van der Waals surface area contributed by atoms with Crippen LogP contribution in [0, 0.1) is 0 Å². The number of hydrogen-bond donors (Lipinski definition) is 4.